The van der Waals surface area contributed by atoms with Crippen LogP contribution in [0.3, 0.4) is 0 Å². The second kappa shape index (κ2) is 51.6. The number of rotatable bonds is 53. The highest BCUT2D eigenvalue weighted by molar-refractivity contribution is 5.79. The van der Waals surface area contributed by atoms with Crippen LogP contribution < -0.4 is 16.0 Å². The van der Waals surface area contributed by atoms with E-state index >= 15 is 0 Å². The molecule has 0 spiro atoms. The third-order valence-electron chi connectivity index (χ3n) is 20.9. The van der Waals surface area contributed by atoms with Crippen molar-refractivity contribution in [3.63, 3.8) is 0 Å². The second-order valence-corrected chi connectivity index (χ2v) is 30.4. The summed E-state index contributed by atoms with van der Waals surface area (Å²) in [5.74, 6) is -6.81. The fourth-order valence-electron chi connectivity index (χ4n) is 14.6. The molecule has 5 heterocycles. The van der Waals surface area contributed by atoms with Crippen LogP contribution in [0.25, 0.3) is 0 Å². The van der Waals surface area contributed by atoms with Crippen molar-refractivity contribution in [1.29, 1.82) is 0 Å². The van der Waals surface area contributed by atoms with Crippen LogP contribution in [0, 0.1) is 0 Å². The quantitative estimate of drug-likeness (QED) is 0.0213. The van der Waals surface area contributed by atoms with E-state index in [-0.39, 0.29) is 12.3 Å². The van der Waals surface area contributed by atoms with E-state index < -0.39 is 241 Å². The highest BCUT2D eigenvalue weighted by Crippen LogP contribution is 2.42. The zero-order valence-corrected chi connectivity index (χ0v) is 65.3. The molecule has 5 saturated heterocycles. The molecular weight excluding hydrogens is 1450 g/mol. The summed E-state index contributed by atoms with van der Waals surface area (Å²) in [5.41, 5.74) is 0. The van der Waals surface area contributed by atoms with Gasteiger partial charge in [-0.3, -0.25) is 14.4 Å². The molecule has 5 aliphatic heterocycles. The van der Waals surface area contributed by atoms with Crippen LogP contribution >= 0.6 is 0 Å². The first-order chi connectivity index (χ1) is 52.6. The van der Waals surface area contributed by atoms with E-state index in [4.69, 9.17) is 52.1 Å². The maximum atomic E-state index is 14.9. The number of carbonyl (C=O) groups excluding carboxylic acids is 4. The fourth-order valence-corrected chi connectivity index (χ4v) is 14.6. The number of ether oxygens (including phenoxy) is 11. The van der Waals surface area contributed by atoms with Crippen molar-refractivity contribution in [2.75, 3.05) is 39.6 Å². The van der Waals surface area contributed by atoms with Gasteiger partial charge < -0.3 is 150 Å². The number of aliphatic hydroxyl groups excluding tert-OH is 16. The maximum absolute atomic E-state index is 14.9. The number of carbonyl (C=O) groups is 4. The molecule has 642 valence electrons. The number of nitrogens with one attached hydrogen (secondary N) is 3. The SMILES string of the molecule is CCCCCCCCCCCCC/C=C/[C@@H](O)[C@H](CO[C@@H]1O[C@H](CO)[C@@H](O[C@@H]2O[C@H](CO)[C@H](O[C@@H]3O[C@H](CO)[C@H](O)[C@H](O[C@@H]4O[C@H](CO)[C@H](O)[C@H](O)[C@H]4O)[C@H]3NC(C)=O)[C@H](O[C@]3(C(=O)OC(C)C)C[C@H](O)[C@@H](NC(C)=O)[C@H]([C@H](O)[C@H](O)CO)O3)[C@H]2O)[C@H](O)[C@H]1O)NC(=O)CCCCCCCCCCCCCCCCC. The average molecular weight is 1590 g/mol. The van der Waals surface area contributed by atoms with Gasteiger partial charge in [-0.2, -0.15) is 0 Å². The molecule has 0 aliphatic carbocycles. The van der Waals surface area contributed by atoms with Gasteiger partial charge in [-0.25, -0.2) is 4.79 Å². The van der Waals surface area contributed by atoms with E-state index in [0.717, 1.165) is 71.6 Å². The summed E-state index contributed by atoms with van der Waals surface area (Å²) in [5, 5.41) is 188. The number of amides is 3. The lowest BCUT2D eigenvalue weighted by molar-refractivity contribution is -0.404. The lowest BCUT2D eigenvalue weighted by Crippen LogP contribution is -2.72. The predicted molar refractivity (Wildman–Crippen MR) is 392 cm³/mol. The molecule has 5 fully saturated rings. The van der Waals surface area contributed by atoms with Crippen LogP contribution in [0.5, 0.6) is 0 Å². The first-order valence-corrected chi connectivity index (χ1v) is 40.5. The summed E-state index contributed by atoms with van der Waals surface area (Å²) < 4.78 is 66.9. The summed E-state index contributed by atoms with van der Waals surface area (Å²) in [7, 11) is 0. The molecule has 0 bridgehead atoms. The highest BCUT2D eigenvalue weighted by Gasteiger charge is 2.63. The van der Waals surface area contributed by atoms with E-state index in [1.165, 1.54) is 117 Å². The Balaban J connectivity index is 1.44. The Morgan fingerprint density at radius 2 is 0.936 bits per heavy atom. The maximum Gasteiger partial charge on any atom is 0.367 e. The number of allylic oxidation sites excluding steroid dienone is 1. The van der Waals surface area contributed by atoms with E-state index in [2.05, 4.69) is 29.8 Å². The summed E-state index contributed by atoms with van der Waals surface area (Å²) in [6.45, 7) is 3.25. The minimum Gasteiger partial charge on any atom is -0.459 e. The van der Waals surface area contributed by atoms with Gasteiger partial charge in [-0.1, -0.05) is 180 Å². The van der Waals surface area contributed by atoms with Crippen molar-refractivity contribution in [2.45, 2.75) is 405 Å². The Morgan fingerprint density at radius 1 is 0.491 bits per heavy atom. The minimum absolute atomic E-state index is 0.140. The molecule has 28 atom stereocenters. The molecule has 3 amide bonds. The Kier molecular flexibility index (Phi) is 45.6. The molecule has 0 aromatic carbocycles. The van der Waals surface area contributed by atoms with Gasteiger partial charge in [0, 0.05) is 26.7 Å². The highest BCUT2D eigenvalue weighted by atomic mass is 16.8. The second-order valence-electron chi connectivity index (χ2n) is 30.4. The van der Waals surface area contributed by atoms with Gasteiger partial charge in [-0.05, 0) is 33.1 Å². The third kappa shape index (κ3) is 30.3. The van der Waals surface area contributed by atoms with E-state index in [0.29, 0.717) is 12.8 Å². The first kappa shape index (κ1) is 97.2. The van der Waals surface area contributed by atoms with Crippen molar-refractivity contribution in [3.8, 4) is 0 Å². The lowest BCUT2D eigenvalue weighted by Gasteiger charge is -2.53. The van der Waals surface area contributed by atoms with Crippen LogP contribution in [-0.4, -0.2) is 322 Å². The van der Waals surface area contributed by atoms with Gasteiger partial charge in [0.2, 0.25) is 17.7 Å². The van der Waals surface area contributed by atoms with Crippen LogP contribution in [0.15, 0.2) is 12.2 Å². The van der Waals surface area contributed by atoms with E-state index in [1.807, 2.05) is 6.08 Å². The van der Waals surface area contributed by atoms with Gasteiger partial charge in [0.15, 0.2) is 25.2 Å². The van der Waals surface area contributed by atoms with Gasteiger partial charge in [0.25, 0.3) is 5.79 Å². The first-order valence-electron chi connectivity index (χ1n) is 40.5. The molecule has 0 unspecified atom stereocenters. The van der Waals surface area contributed by atoms with E-state index in [1.54, 1.807) is 6.08 Å². The molecule has 5 rings (SSSR count). The van der Waals surface area contributed by atoms with Gasteiger partial charge in [0.1, 0.15) is 116 Å². The number of hydrogen-bond donors (Lipinski definition) is 19. The van der Waals surface area contributed by atoms with Gasteiger partial charge in [0.05, 0.1) is 70.0 Å². The summed E-state index contributed by atoms with van der Waals surface area (Å²) in [4.78, 5) is 54.3. The number of aliphatic hydroxyl groups is 16. The standard InChI is InChI=1S/C76H137N3O31/c1-7-9-11-13-15-17-19-21-22-24-26-28-30-32-34-36-55(90)79-47(48(87)35-33-31-29-27-25-23-20-18-16-14-12-10-8-2)43-100-72-64(97)62(95)66(53(41-83)104-72)106-74-65(98)70(110-76(75(99)101-44(3)4)37-49(88)56(77-45(5)85)69(109-76)58(91)50(89)38-80)67(54(42-84)105-74)107-71-57(78-46(6)86)68(60(93)52(40-82)102-71)108-73-63(96)61(94)59(92)51(39-81)103-73/h33,35,44,47-54,56-74,80-84,87-89,91-98H,7-32,34,36-43H2,1-6H3,(H,77,85)(H,78,86)(H,79,90)/b35-33+/t47-,48+,49-,50+,51+,52+,53+,54+,56+,57+,58+,59-,60-,61-,62+,63+,64+,65+,66+,67-,68+,69+,70+,71-,72+,73-,74-,76-/m0/s1. The normalized spacial score (nSPS) is 34.0. The monoisotopic (exact) mass is 1590 g/mol. The molecule has 5 aliphatic rings. The zero-order chi connectivity index (χ0) is 81.0. The van der Waals surface area contributed by atoms with Crippen LogP contribution in [0.2, 0.25) is 0 Å². The van der Waals surface area contributed by atoms with Crippen LogP contribution in [0.1, 0.15) is 228 Å². The summed E-state index contributed by atoms with van der Waals surface area (Å²) in [6, 6.07) is -4.73. The molecule has 0 aromatic heterocycles. The van der Waals surface area contributed by atoms with Crippen molar-refractivity contribution >= 4 is 23.7 Å². The molecule has 34 heteroatoms. The molecule has 34 nitrogen and oxygen atoms in total. The summed E-state index contributed by atoms with van der Waals surface area (Å²) >= 11 is 0. The van der Waals surface area contributed by atoms with Crippen molar-refractivity contribution in [1.82, 2.24) is 16.0 Å². The molecule has 0 saturated carbocycles. The molecule has 110 heavy (non-hydrogen) atoms. The van der Waals surface area contributed by atoms with E-state index in [9.17, 15) is 101 Å². The Morgan fingerprint density at radius 3 is 1.45 bits per heavy atom. The molecular formula is C76H137N3O31. The fraction of sp³-hybridized carbons (Fsp3) is 0.921. The average Bonchev–Trinajstić information content (AvgIpc) is 0.744. The summed E-state index contributed by atoms with van der Waals surface area (Å²) in [6.07, 6.45) is -16.9. The largest absolute Gasteiger partial charge is 0.459 e. The van der Waals surface area contributed by atoms with Gasteiger partial charge >= 0.3 is 5.97 Å². The third-order valence-corrected chi connectivity index (χ3v) is 20.9. The minimum atomic E-state index is -3.17. The number of hydrogen-bond acceptors (Lipinski definition) is 31. The topological polar surface area (TPSA) is 530 Å². The molecule has 19 N–H and O–H groups in total. The van der Waals surface area contributed by atoms with Gasteiger partial charge in [-0.15, -0.1) is 0 Å². The number of unbranched alkanes of at least 4 members (excludes halogenated alkanes) is 25. The Labute approximate surface area is 647 Å². The Hall–Kier alpha value is -3.42. The van der Waals surface area contributed by atoms with Crippen molar-refractivity contribution < 1.29 is 153 Å². The molecule has 0 radical (unpaired) electrons. The zero-order valence-electron chi connectivity index (χ0n) is 65.3. The lowest BCUT2D eigenvalue weighted by atomic mass is 9.88. The van der Waals surface area contributed by atoms with Crippen LogP contribution in [0.4, 0.5) is 0 Å². The smallest absolute Gasteiger partial charge is 0.367 e. The van der Waals surface area contributed by atoms with Crippen molar-refractivity contribution in [3.05, 3.63) is 12.2 Å². The number of esters is 1. The van der Waals surface area contributed by atoms with Crippen LogP contribution in [-0.2, 0) is 71.3 Å². The predicted octanol–water partition coefficient (Wildman–Crippen LogP) is -0.175. The Bertz CT molecular complexity index is 2570. The van der Waals surface area contributed by atoms with Crippen molar-refractivity contribution in [2.24, 2.45) is 0 Å². The molecule has 0 aromatic rings.